The molecule has 0 saturated heterocycles. The molecule has 3 aliphatic rings. The molecular weight excluding hydrogens is 454 g/mol. The van der Waals surface area contributed by atoms with Crippen molar-refractivity contribution in [3.05, 3.63) is 53.1 Å². The van der Waals surface area contributed by atoms with Crippen molar-refractivity contribution in [2.45, 2.75) is 62.4 Å². The van der Waals surface area contributed by atoms with E-state index in [0.29, 0.717) is 23.5 Å². The number of primary sulfonamides is 1. The summed E-state index contributed by atoms with van der Waals surface area (Å²) in [5.74, 6) is 1.45. The van der Waals surface area contributed by atoms with Gasteiger partial charge in [0.2, 0.25) is 10.0 Å². The monoisotopic (exact) mass is 485 g/mol. The largest absolute Gasteiger partial charge is 0.508 e. The van der Waals surface area contributed by atoms with Crippen LogP contribution in [0.5, 0.6) is 11.5 Å². The number of phenolic OH excluding ortho intramolecular Hbond substituents is 1. The van der Waals surface area contributed by atoms with Gasteiger partial charge < -0.3 is 14.6 Å². The van der Waals surface area contributed by atoms with E-state index >= 15 is 0 Å². The van der Waals surface area contributed by atoms with Gasteiger partial charge in [0.25, 0.3) is 0 Å². The van der Waals surface area contributed by atoms with E-state index in [0.717, 1.165) is 38.5 Å². The van der Waals surface area contributed by atoms with Crippen LogP contribution >= 0.6 is 0 Å². The molecule has 0 spiro atoms. The summed E-state index contributed by atoms with van der Waals surface area (Å²) in [7, 11) is -2.53. The van der Waals surface area contributed by atoms with Gasteiger partial charge in [-0.2, -0.15) is 0 Å². The molecule has 0 amide bonds. The van der Waals surface area contributed by atoms with E-state index in [4.69, 9.17) is 14.6 Å². The number of aromatic hydroxyl groups is 1. The van der Waals surface area contributed by atoms with E-state index in [-0.39, 0.29) is 27.7 Å². The smallest absolute Gasteiger partial charge is 0.342 e. The summed E-state index contributed by atoms with van der Waals surface area (Å²) in [6.45, 7) is 2.24. The summed E-state index contributed by atoms with van der Waals surface area (Å²) in [6.07, 6.45) is 5.55. The number of hydrogen-bond donors (Lipinski definition) is 2. The quantitative estimate of drug-likeness (QED) is 0.629. The molecule has 2 aromatic carbocycles. The van der Waals surface area contributed by atoms with Crippen LogP contribution in [0.2, 0.25) is 0 Å². The summed E-state index contributed by atoms with van der Waals surface area (Å²) < 4.78 is 34.9. The fraction of sp³-hybridized carbons (Fsp3) is 0.500. The summed E-state index contributed by atoms with van der Waals surface area (Å²) in [6, 6.07) is 9.76. The second-order valence-corrected chi connectivity index (χ2v) is 11.8. The predicted octanol–water partition coefficient (Wildman–Crippen LogP) is 4.13. The molecule has 2 saturated carbocycles. The van der Waals surface area contributed by atoms with Crippen molar-refractivity contribution in [1.82, 2.24) is 0 Å². The first-order valence-electron chi connectivity index (χ1n) is 11.9. The highest BCUT2D eigenvalue weighted by Gasteiger charge is 2.56. The summed E-state index contributed by atoms with van der Waals surface area (Å²) in [5.41, 5.74) is 2.56. The minimum atomic E-state index is -3.96. The molecule has 0 bridgehead atoms. The number of hydrogen-bond acceptors (Lipinski definition) is 6. The first kappa shape index (κ1) is 23.2. The second kappa shape index (κ2) is 8.27. The van der Waals surface area contributed by atoms with Gasteiger partial charge in [-0.3, -0.25) is 0 Å². The molecule has 3 aliphatic carbocycles. The minimum absolute atomic E-state index is 0.0705. The lowest BCUT2D eigenvalue weighted by molar-refractivity contribution is -0.0429. The number of carbonyl (C=O) groups excluding carboxylic acids is 1. The van der Waals surface area contributed by atoms with Crippen LogP contribution < -0.4 is 9.88 Å². The van der Waals surface area contributed by atoms with E-state index in [9.17, 15) is 18.3 Å². The molecular formula is C26H31NO6S. The van der Waals surface area contributed by atoms with Crippen molar-refractivity contribution >= 4 is 16.0 Å². The molecule has 0 radical (unpaired) electrons. The maximum Gasteiger partial charge on any atom is 0.342 e. The third-order valence-electron chi connectivity index (χ3n) is 8.59. The number of phenols is 1. The number of sulfonamides is 1. The van der Waals surface area contributed by atoms with E-state index in [2.05, 4.69) is 13.0 Å². The molecule has 0 aromatic heterocycles. The number of fused-ring (bicyclic) bond motifs is 5. The Balaban J connectivity index is 1.38. The Bertz CT molecular complexity index is 1240. The van der Waals surface area contributed by atoms with Crippen LogP contribution in [0.15, 0.2) is 41.3 Å². The summed E-state index contributed by atoms with van der Waals surface area (Å²) in [4.78, 5) is 13.0. The van der Waals surface area contributed by atoms with Gasteiger partial charge in [0.05, 0.1) is 12.0 Å². The summed E-state index contributed by atoms with van der Waals surface area (Å²) >= 11 is 0. The number of ether oxygens (including phenoxy) is 2. The molecule has 8 heteroatoms. The zero-order chi connectivity index (χ0) is 24.3. The van der Waals surface area contributed by atoms with Crippen molar-refractivity contribution in [3.8, 4) is 11.5 Å². The normalized spacial score (nSPS) is 30.1. The lowest BCUT2D eigenvalue weighted by Gasteiger charge is -2.50. The molecule has 182 valence electrons. The fourth-order valence-corrected chi connectivity index (χ4v) is 7.47. The lowest BCUT2D eigenvalue weighted by Crippen LogP contribution is -2.45. The molecule has 0 aliphatic heterocycles. The minimum Gasteiger partial charge on any atom is -0.508 e. The van der Waals surface area contributed by atoms with Crippen LogP contribution in [-0.4, -0.2) is 32.7 Å². The maximum absolute atomic E-state index is 13.2. The van der Waals surface area contributed by atoms with Gasteiger partial charge in [0, 0.05) is 5.41 Å². The van der Waals surface area contributed by atoms with Crippen molar-refractivity contribution in [2.24, 2.45) is 22.4 Å². The molecule has 34 heavy (non-hydrogen) atoms. The van der Waals surface area contributed by atoms with Gasteiger partial charge in [0.1, 0.15) is 23.2 Å². The Morgan fingerprint density at radius 3 is 2.65 bits per heavy atom. The predicted molar refractivity (Wildman–Crippen MR) is 126 cm³/mol. The molecule has 3 N–H and O–H groups in total. The third-order valence-corrected chi connectivity index (χ3v) is 9.50. The van der Waals surface area contributed by atoms with Crippen LogP contribution in [0.25, 0.3) is 0 Å². The van der Waals surface area contributed by atoms with Crippen LogP contribution in [-0.2, 0) is 21.2 Å². The topological polar surface area (TPSA) is 116 Å². The number of esters is 1. The van der Waals surface area contributed by atoms with E-state index in [1.807, 2.05) is 6.07 Å². The van der Waals surface area contributed by atoms with Gasteiger partial charge in [-0.25, -0.2) is 18.4 Å². The number of nitrogens with two attached hydrogens (primary N) is 1. The number of rotatable bonds is 4. The Morgan fingerprint density at radius 1 is 1.12 bits per heavy atom. The summed E-state index contributed by atoms with van der Waals surface area (Å²) in [5, 5.41) is 15.1. The van der Waals surface area contributed by atoms with Crippen LogP contribution in [0.1, 0.15) is 66.4 Å². The Kier molecular flexibility index (Phi) is 5.64. The zero-order valence-corrected chi connectivity index (χ0v) is 20.3. The average Bonchev–Trinajstić information content (AvgIpc) is 3.13. The number of carbonyl (C=O) groups is 1. The standard InChI is InChI=1S/C26H31NO6S/c1-26-12-11-19-18-7-4-16(28)13-15(18)3-6-20(19)22(26)8-10-24(26)33-25(29)21-14-17(34(27,30)31)5-9-23(21)32-2/h4-5,7,9,13-14,19-20,22,24,28H,3,6,8,10-12H2,1-2H3,(H2,27,30,31)/t19?,20?,22?,24-,26-/m0/s1. The van der Waals surface area contributed by atoms with Crippen molar-refractivity contribution in [3.63, 3.8) is 0 Å². The highest BCUT2D eigenvalue weighted by Crippen LogP contribution is 2.61. The first-order valence-corrected chi connectivity index (χ1v) is 13.4. The van der Waals surface area contributed by atoms with Crippen molar-refractivity contribution < 1.29 is 27.8 Å². The molecule has 2 aromatic rings. The lowest BCUT2D eigenvalue weighted by atomic mass is 9.55. The number of methoxy groups -OCH3 is 1. The first-order chi connectivity index (χ1) is 16.1. The van der Waals surface area contributed by atoms with Gasteiger partial charge in [-0.1, -0.05) is 13.0 Å². The van der Waals surface area contributed by atoms with E-state index < -0.39 is 16.0 Å². The molecule has 7 nitrogen and oxygen atoms in total. The van der Waals surface area contributed by atoms with Crippen LogP contribution in [0.4, 0.5) is 0 Å². The van der Waals surface area contributed by atoms with Gasteiger partial charge >= 0.3 is 5.97 Å². The Morgan fingerprint density at radius 2 is 1.91 bits per heavy atom. The molecule has 0 heterocycles. The molecule has 5 rings (SSSR count). The average molecular weight is 486 g/mol. The van der Waals surface area contributed by atoms with E-state index in [1.165, 1.54) is 36.4 Å². The van der Waals surface area contributed by atoms with E-state index in [1.54, 1.807) is 6.07 Å². The third kappa shape index (κ3) is 3.77. The number of aryl methyl sites for hydroxylation is 1. The van der Waals surface area contributed by atoms with Gasteiger partial charge in [-0.05, 0) is 97.7 Å². The van der Waals surface area contributed by atoms with Crippen molar-refractivity contribution in [1.29, 1.82) is 0 Å². The van der Waals surface area contributed by atoms with Gasteiger partial charge in [0.15, 0.2) is 0 Å². The van der Waals surface area contributed by atoms with Crippen molar-refractivity contribution in [2.75, 3.05) is 7.11 Å². The second-order valence-electron chi connectivity index (χ2n) is 10.2. The molecule has 5 atom stereocenters. The Labute approximate surface area is 200 Å². The Hall–Kier alpha value is -2.58. The fourth-order valence-electron chi connectivity index (χ4n) is 6.93. The molecule has 2 fully saturated rings. The highest BCUT2D eigenvalue weighted by molar-refractivity contribution is 7.89. The zero-order valence-electron chi connectivity index (χ0n) is 19.5. The van der Waals surface area contributed by atoms with Crippen LogP contribution in [0, 0.1) is 17.3 Å². The van der Waals surface area contributed by atoms with Crippen LogP contribution in [0.3, 0.4) is 0 Å². The molecule has 3 unspecified atom stereocenters. The van der Waals surface area contributed by atoms with Gasteiger partial charge in [-0.15, -0.1) is 0 Å². The number of benzene rings is 2. The maximum atomic E-state index is 13.2. The highest BCUT2D eigenvalue weighted by atomic mass is 32.2. The SMILES string of the molecule is COc1ccc(S(N)(=O)=O)cc1C(=O)O[C@H]1CCC2C3CCc4cc(O)ccc4C3CC[C@@]21C.